The Hall–Kier alpha value is -1.96. The zero-order valence-electron chi connectivity index (χ0n) is 15.6. The molecule has 0 radical (unpaired) electrons. The smallest absolute Gasteiger partial charge is 0.238 e. The molecule has 3 aliphatic heterocycles. The Morgan fingerprint density at radius 3 is 2.89 bits per heavy atom. The summed E-state index contributed by atoms with van der Waals surface area (Å²) >= 11 is 0. The van der Waals surface area contributed by atoms with Crippen molar-refractivity contribution < 1.29 is 14.7 Å². The van der Waals surface area contributed by atoms with Crippen molar-refractivity contribution in [2.24, 2.45) is 0 Å². The summed E-state index contributed by atoms with van der Waals surface area (Å²) in [6, 6.07) is 7.99. The Kier molecular flexibility index (Phi) is 5.43. The Balaban J connectivity index is 1.38. The van der Waals surface area contributed by atoms with Crippen molar-refractivity contribution in [2.45, 2.75) is 37.8 Å². The first-order valence-electron chi connectivity index (χ1n) is 9.93. The molecule has 0 bridgehead atoms. The van der Waals surface area contributed by atoms with Crippen LogP contribution in [0, 0.1) is 0 Å². The minimum atomic E-state index is -0.0789. The fourth-order valence-electron chi connectivity index (χ4n) is 4.57. The quantitative estimate of drug-likeness (QED) is 0.803. The van der Waals surface area contributed by atoms with Crippen LogP contribution < -0.4 is 10.2 Å². The van der Waals surface area contributed by atoms with Crippen LogP contribution in [0.4, 0.5) is 11.4 Å². The molecular formula is C20H28N4O3. The number of anilines is 2. The van der Waals surface area contributed by atoms with Crippen molar-refractivity contribution >= 4 is 23.2 Å². The number of aliphatic hydroxyl groups is 1. The zero-order valence-corrected chi connectivity index (χ0v) is 15.6. The molecule has 7 nitrogen and oxygen atoms in total. The number of hydrogen-bond donors (Lipinski definition) is 2. The number of piperazine rings is 1. The minimum Gasteiger partial charge on any atom is -0.395 e. The average molecular weight is 372 g/mol. The Morgan fingerprint density at radius 1 is 1.22 bits per heavy atom. The molecule has 146 valence electrons. The van der Waals surface area contributed by atoms with E-state index in [2.05, 4.69) is 15.1 Å². The molecule has 2 atom stereocenters. The first-order valence-corrected chi connectivity index (χ1v) is 9.93. The normalized spacial score (nSPS) is 26.4. The van der Waals surface area contributed by atoms with E-state index in [1.807, 2.05) is 24.3 Å². The van der Waals surface area contributed by atoms with Crippen LogP contribution in [-0.2, 0) is 9.59 Å². The van der Waals surface area contributed by atoms with Crippen molar-refractivity contribution in [1.29, 1.82) is 0 Å². The first-order chi connectivity index (χ1) is 13.1. The van der Waals surface area contributed by atoms with Gasteiger partial charge in [0.15, 0.2) is 0 Å². The molecule has 3 fully saturated rings. The lowest BCUT2D eigenvalue weighted by Crippen LogP contribution is -2.58. The summed E-state index contributed by atoms with van der Waals surface area (Å²) in [5.74, 6) is 0.0588. The number of amides is 2. The number of nitrogens with zero attached hydrogens (tertiary/aromatic N) is 3. The van der Waals surface area contributed by atoms with Gasteiger partial charge in [-0.25, -0.2) is 0 Å². The van der Waals surface area contributed by atoms with Gasteiger partial charge >= 0.3 is 0 Å². The second-order valence-electron chi connectivity index (χ2n) is 7.80. The van der Waals surface area contributed by atoms with E-state index >= 15 is 0 Å². The average Bonchev–Trinajstić information content (AvgIpc) is 3.29. The van der Waals surface area contributed by atoms with E-state index in [0.29, 0.717) is 18.2 Å². The van der Waals surface area contributed by atoms with E-state index in [0.717, 1.165) is 38.3 Å². The second kappa shape index (κ2) is 7.96. The highest BCUT2D eigenvalue weighted by molar-refractivity contribution is 5.97. The fraction of sp³-hybridized carbons (Fsp3) is 0.600. The molecule has 2 amide bonds. The summed E-state index contributed by atoms with van der Waals surface area (Å²) in [6.07, 6.45) is 3.84. The Bertz CT molecular complexity index is 710. The van der Waals surface area contributed by atoms with Gasteiger partial charge in [-0.3, -0.25) is 19.4 Å². The molecule has 27 heavy (non-hydrogen) atoms. The minimum absolute atomic E-state index is 0.0126. The maximum atomic E-state index is 12.6. The van der Waals surface area contributed by atoms with Gasteiger partial charge in [0, 0.05) is 49.5 Å². The van der Waals surface area contributed by atoms with Crippen LogP contribution in [0.1, 0.15) is 25.7 Å². The number of rotatable bonds is 5. The molecule has 0 aliphatic carbocycles. The number of carbonyl (C=O) groups is 2. The molecule has 3 heterocycles. The van der Waals surface area contributed by atoms with E-state index in [1.165, 1.54) is 12.8 Å². The number of carbonyl (C=O) groups excluding carboxylic acids is 2. The van der Waals surface area contributed by atoms with Crippen LogP contribution in [0.2, 0.25) is 0 Å². The predicted octanol–water partition coefficient (Wildman–Crippen LogP) is 0.893. The molecule has 1 aromatic rings. The van der Waals surface area contributed by atoms with Crippen LogP contribution in [-0.4, -0.2) is 78.1 Å². The van der Waals surface area contributed by atoms with Crippen LogP contribution in [0.15, 0.2) is 24.3 Å². The highest BCUT2D eigenvalue weighted by Gasteiger charge is 2.36. The molecule has 1 aromatic carbocycles. The van der Waals surface area contributed by atoms with Crippen LogP contribution in [0.3, 0.4) is 0 Å². The van der Waals surface area contributed by atoms with E-state index in [1.54, 1.807) is 4.90 Å². The van der Waals surface area contributed by atoms with Crippen molar-refractivity contribution in [3.63, 3.8) is 0 Å². The highest BCUT2D eigenvalue weighted by atomic mass is 16.3. The number of aliphatic hydroxyl groups excluding tert-OH is 1. The summed E-state index contributed by atoms with van der Waals surface area (Å²) in [4.78, 5) is 30.9. The molecule has 3 saturated heterocycles. The summed E-state index contributed by atoms with van der Waals surface area (Å²) in [7, 11) is 0. The highest BCUT2D eigenvalue weighted by Crippen LogP contribution is 2.26. The van der Waals surface area contributed by atoms with Crippen LogP contribution in [0.25, 0.3) is 0 Å². The molecule has 2 N–H and O–H groups in total. The SMILES string of the molecule is O=C(CN1C[C@@H]2CCCN2C[C@@H]1CO)Nc1cccc(N2CCCC2=O)c1. The van der Waals surface area contributed by atoms with Crippen LogP contribution in [0.5, 0.6) is 0 Å². The molecule has 0 spiro atoms. The third-order valence-electron chi connectivity index (χ3n) is 5.98. The summed E-state index contributed by atoms with van der Waals surface area (Å²) < 4.78 is 0. The lowest BCUT2D eigenvalue weighted by Gasteiger charge is -2.42. The monoisotopic (exact) mass is 372 g/mol. The van der Waals surface area contributed by atoms with Crippen LogP contribution >= 0.6 is 0 Å². The molecule has 0 saturated carbocycles. The fourth-order valence-corrected chi connectivity index (χ4v) is 4.57. The lowest BCUT2D eigenvalue weighted by molar-refractivity contribution is -0.119. The molecule has 7 heteroatoms. The lowest BCUT2D eigenvalue weighted by atomic mass is 10.1. The Morgan fingerprint density at radius 2 is 2.11 bits per heavy atom. The van der Waals surface area contributed by atoms with Gasteiger partial charge in [-0.15, -0.1) is 0 Å². The van der Waals surface area contributed by atoms with Gasteiger partial charge in [-0.2, -0.15) is 0 Å². The summed E-state index contributed by atoms with van der Waals surface area (Å²) in [5, 5.41) is 12.7. The number of benzene rings is 1. The van der Waals surface area contributed by atoms with Gasteiger partial charge in [0.2, 0.25) is 11.8 Å². The van der Waals surface area contributed by atoms with E-state index in [4.69, 9.17) is 0 Å². The second-order valence-corrected chi connectivity index (χ2v) is 7.80. The van der Waals surface area contributed by atoms with Crippen molar-refractivity contribution in [3.05, 3.63) is 24.3 Å². The molecule has 0 unspecified atom stereocenters. The summed E-state index contributed by atoms with van der Waals surface area (Å²) in [6.45, 7) is 3.86. The van der Waals surface area contributed by atoms with E-state index in [9.17, 15) is 14.7 Å². The third kappa shape index (κ3) is 4.00. The summed E-state index contributed by atoms with van der Waals surface area (Å²) in [5.41, 5.74) is 1.54. The molecule has 4 rings (SSSR count). The first kappa shape index (κ1) is 18.4. The maximum Gasteiger partial charge on any atom is 0.238 e. The largest absolute Gasteiger partial charge is 0.395 e. The van der Waals surface area contributed by atoms with Gasteiger partial charge in [0.25, 0.3) is 0 Å². The third-order valence-corrected chi connectivity index (χ3v) is 5.98. The molecule has 0 aromatic heterocycles. The van der Waals surface area contributed by atoms with Gasteiger partial charge in [-0.05, 0) is 44.0 Å². The van der Waals surface area contributed by atoms with Gasteiger partial charge < -0.3 is 15.3 Å². The van der Waals surface area contributed by atoms with E-state index in [-0.39, 0.29) is 31.0 Å². The molecular weight excluding hydrogens is 344 g/mol. The number of nitrogens with one attached hydrogen (secondary N) is 1. The maximum absolute atomic E-state index is 12.6. The Labute approximate surface area is 159 Å². The number of hydrogen-bond acceptors (Lipinski definition) is 5. The van der Waals surface area contributed by atoms with E-state index < -0.39 is 0 Å². The topological polar surface area (TPSA) is 76.1 Å². The number of fused-ring (bicyclic) bond motifs is 1. The van der Waals surface area contributed by atoms with Crippen molar-refractivity contribution in [2.75, 3.05) is 49.5 Å². The van der Waals surface area contributed by atoms with Gasteiger partial charge in [0.05, 0.1) is 13.2 Å². The zero-order chi connectivity index (χ0) is 18.8. The van der Waals surface area contributed by atoms with Gasteiger partial charge in [0.1, 0.15) is 0 Å². The molecule has 3 aliphatic rings. The predicted molar refractivity (Wildman–Crippen MR) is 104 cm³/mol. The van der Waals surface area contributed by atoms with Crippen molar-refractivity contribution in [3.8, 4) is 0 Å². The van der Waals surface area contributed by atoms with Gasteiger partial charge in [-0.1, -0.05) is 6.07 Å². The standard InChI is InChI=1S/C20H28N4O3/c25-14-18-12-22-8-2-6-17(22)11-23(18)13-19(26)21-15-4-1-5-16(10-15)24-9-3-7-20(24)27/h1,4-5,10,17-18,25H,2-3,6-9,11-14H2,(H,21,26)/t17-,18+/m0/s1. The van der Waals surface area contributed by atoms with Crippen molar-refractivity contribution in [1.82, 2.24) is 9.80 Å².